The van der Waals surface area contributed by atoms with Crippen LogP contribution in [0.3, 0.4) is 0 Å². The number of carbonyl (C=O) groups excluding carboxylic acids is 1. The van der Waals surface area contributed by atoms with E-state index in [1.54, 1.807) is 0 Å². The first-order valence-corrected chi connectivity index (χ1v) is 9.69. The van der Waals surface area contributed by atoms with Gasteiger partial charge in [-0.2, -0.15) is 5.10 Å². The largest absolute Gasteiger partial charge is 0.444 e. The lowest BCUT2D eigenvalue weighted by Crippen LogP contribution is -2.71. The Bertz CT molecular complexity index is 628. The lowest BCUT2D eigenvalue weighted by atomic mass is 9.87. The molecule has 0 spiro atoms. The molecular weight excluding hydrogens is 330 g/mol. The van der Waals surface area contributed by atoms with E-state index >= 15 is 0 Å². The molecule has 26 heavy (non-hydrogen) atoms. The summed E-state index contributed by atoms with van der Waals surface area (Å²) in [6.45, 7) is 7.57. The number of fused-ring (bicyclic) bond motifs is 3. The molecule has 0 aromatic carbocycles. The van der Waals surface area contributed by atoms with Crippen LogP contribution >= 0.6 is 0 Å². The average molecular weight is 361 g/mol. The number of piperazine rings is 1. The molecule has 5 heterocycles. The summed E-state index contributed by atoms with van der Waals surface area (Å²) < 4.78 is 5.59. The Kier molecular flexibility index (Phi) is 4.08. The van der Waals surface area contributed by atoms with Crippen molar-refractivity contribution in [3.05, 3.63) is 11.9 Å². The zero-order valence-electron chi connectivity index (χ0n) is 16.6. The molecule has 3 fully saturated rings. The SMILES string of the molecule is CN1N=CC[C@H]2C1CC=C(N1CC3CC(C1)N3C(=O)OC(C)(C)C)N2C. The van der Waals surface area contributed by atoms with E-state index in [1.165, 1.54) is 5.82 Å². The number of carbonyl (C=O) groups is 1. The fraction of sp³-hybridized carbons (Fsp3) is 0.789. The van der Waals surface area contributed by atoms with Crippen LogP contribution in [-0.4, -0.2) is 89.0 Å². The van der Waals surface area contributed by atoms with Crippen LogP contribution in [0.15, 0.2) is 17.0 Å². The summed E-state index contributed by atoms with van der Waals surface area (Å²) in [5.74, 6) is 1.31. The van der Waals surface area contributed by atoms with Gasteiger partial charge in [0, 0.05) is 39.8 Å². The molecule has 5 rings (SSSR count). The molecule has 0 aromatic heterocycles. The number of hydrogen-bond donors (Lipinski definition) is 0. The van der Waals surface area contributed by atoms with Gasteiger partial charge in [-0.15, -0.1) is 0 Å². The fourth-order valence-corrected chi connectivity index (χ4v) is 4.80. The number of likely N-dealkylation sites (N-methyl/N-ethyl adjacent to an activating group) is 2. The van der Waals surface area contributed by atoms with E-state index in [9.17, 15) is 4.79 Å². The number of rotatable bonds is 1. The van der Waals surface area contributed by atoms with E-state index < -0.39 is 5.60 Å². The Labute approximate surface area is 156 Å². The molecule has 0 radical (unpaired) electrons. The second-order valence-electron chi connectivity index (χ2n) is 8.99. The predicted octanol–water partition coefficient (Wildman–Crippen LogP) is 1.92. The molecule has 7 heteroatoms. The first-order chi connectivity index (χ1) is 12.2. The van der Waals surface area contributed by atoms with Crippen LogP contribution in [0.4, 0.5) is 4.79 Å². The lowest BCUT2D eigenvalue weighted by molar-refractivity contribution is -0.0769. The molecule has 4 atom stereocenters. The lowest BCUT2D eigenvalue weighted by Gasteiger charge is -2.58. The third-order valence-electron chi connectivity index (χ3n) is 6.06. The van der Waals surface area contributed by atoms with Gasteiger partial charge in [0.2, 0.25) is 0 Å². The van der Waals surface area contributed by atoms with Crippen molar-refractivity contribution in [3.8, 4) is 0 Å². The molecule has 3 saturated heterocycles. The van der Waals surface area contributed by atoms with Gasteiger partial charge in [0.15, 0.2) is 0 Å². The number of hydrogen-bond acceptors (Lipinski definition) is 6. The summed E-state index contributed by atoms with van der Waals surface area (Å²) in [6, 6.07) is 1.46. The van der Waals surface area contributed by atoms with Crippen molar-refractivity contribution < 1.29 is 9.53 Å². The molecule has 0 saturated carbocycles. The normalized spacial score (nSPS) is 33.5. The highest BCUT2D eigenvalue weighted by Crippen LogP contribution is 2.37. The van der Waals surface area contributed by atoms with Gasteiger partial charge in [-0.3, -0.25) is 9.91 Å². The van der Waals surface area contributed by atoms with Crippen molar-refractivity contribution in [2.45, 2.75) is 69.8 Å². The Morgan fingerprint density at radius 2 is 1.85 bits per heavy atom. The van der Waals surface area contributed by atoms with Gasteiger partial charge >= 0.3 is 6.09 Å². The van der Waals surface area contributed by atoms with E-state index in [0.717, 1.165) is 32.4 Å². The van der Waals surface area contributed by atoms with Crippen LogP contribution in [0.2, 0.25) is 0 Å². The van der Waals surface area contributed by atoms with E-state index in [-0.39, 0.29) is 18.2 Å². The topological polar surface area (TPSA) is 51.6 Å². The Morgan fingerprint density at radius 1 is 1.15 bits per heavy atom. The first kappa shape index (κ1) is 17.5. The summed E-state index contributed by atoms with van der Waals surface area (Å²) in [6.07, 6.45) is 7.33. The van der Waals surface area contributed by atoms with E-state index in [4.69, 9.17) is 4.74 Å². The summed E-state index contributed by atoms with van der Waals surface area (Å²) in [7, 11) is 4.26. The van der Waals surface area contributed by atoms with Gasteiger partial charge in [-0.1, -0.05) is 0 Å². The van der Waals surface area contributed by atoms with Crippen LogP contribution in [0.25, 0.3) is 0 Å². The Hall–Kier alpha value is -1.92. The molecule has 5 aliphatic heterocycles. The van der Waals surface area contributed by atoms with Gasteiger partial charge in [-0.05, 0) is 39.7 Å². The van der Waals surface area contributed by atoms with Gasteiger partial charge in [0.25, 0.3) is 0 Å². The van der Waals surface area contributed by atoms with E-state index in [0.29, 0.717) is 12.1 Å². The molecule has 5 aliphatic rings. The second kappa shape index (κ2) is 6.06. The van der Waals surface area contributed by atoms with Crippen LogP contribution in [0.5, 0.6) is 0 Å². The predicted molar refractivity (Wildman–Crippen MR) is 101 cm³/mol. The summed E-state index contributed by atoms with van der Waals surface area (Å²) in [5.41, 5.74) is -0.434. The van der Waals surface area contributed by atoms with Gasteiger partial charge in [-0.25, -0.2) is 4.79 Å². The quantitative estimate of drug-likeness (QED) is 0.714. The van der Waals surface area contributed by atoms with Crippen molar-refractivity contribution in [1.82, 2.24) is 19.7 Å². The minimum atomic E-state index is -0.434. The summed E-state index contributed by atoms with van der Waals surface area (Å²) in [5, 5.41) is 6.54. The summed E-state index contributed by atoms with van der Waals surface area (Å²) >= 11 is 0. The molecule has 0 aromatic rings. The average Bonchev–Trinajstić information content (AvgIpc) is 2.54. The van der Waals surface area contributed by atoms with Crippen molar-refractivity contribution >= 4 is 12.3 Å². The number of amides is 1. The monoisotopic (exact) mass is 361 g/mol. The van der Waals surface area contributed by atoms with Crippen LogP contribution in [-0.2, 0) is 4.74 Å². The third kappa shape index (κ3) is 2.91. The van der Waals surface area contributed by atoms with Crippen molar-refractivity contribution in [2.24, 2.45) is 5.10 Å². The highest BCUT2D eigenvalue weighted by Gasteiger charge is 2.50. The van der Waals surface area contributed by atoms with Crippen molar-refractivity contribution in [1.29, 1.82) is 0 Å². The van der Waals surface area contributed by atoms with Gasteiger partial charge in [0.05, 0.1) is 24.2 Å². The van der Waals surface area contributed by atoms with Crippen LogP contribution in [0.1, 0.15) is 40.0 Å². The second-order valence-corrected chi connectivity index (χ2v) is 8.99. The van der Waals surface area contributed by atoms with E-state index in [2.05, 4.69) is 40.1 Å². The van der Waals surface area contributed by atoms with Gasteiger partial charge < -0.3 is 14.5 Å². The maximum atomic E-state index is 12.5. The maximum Gasteiger partial charge on any atom is 0.410 e. The standard InChI is InChI=1S/C19H31N5O2/c1-19(2,3)26-18(25)24-13-10-14(24)12-23(11-13)17-7-6-16-15(21(17)4)8-9-20-22(16)5/h7,9,13-16H,6,8,10-12H2,1-5H3/t13?,14?,15-,16?/m0/s1. The fourth-order valence-electron chi connectivity index (χ4n) is 4.80. The Morgan fingerprint density at radius 3 is 2.50 bits per heavy atom. The maximum absolute atomic E-state index is 12.5. The number of nitrogens with zero attached hydrogens (tertiary/aromatic N) is 5. The molecule has 3 unspecified atom stereocenters. The molecule has 7 nitrogen and oxygen atoms in total. The molecule has 0 aliphatic carbocycles. The summed E-state index contributed by atoms with van der Waals surface area (Å²) in [4.78, 5) is 19.3. The molecule has 144 valence electrons. The minimum absolute atomic E-state index is 0.158. The smallest absolute Gasteiger partial charge is 0.410 e. The van der Waals surface area contributed by atoms with Crippen molar-refractivity contribution in [3.63, 3.8) is 0 Å². The van der Waals surface area contributed by atoms with Crippen molar-refractivity contribution in [2.75, 3.05) is 27.2 Å². The van der Waals surface area contributed by atoms with E-state index in [1.807, 2.05) is 31.9 Å². The van der Waals surface area contributed by atoms with Crippen LogP contribution in [0, 0.1) is 0 Å². The number of hydrazone groups is 1. The third-order valence-corrected chi connectivity index (χ3v) is 6.06. The molecular formula is C19H31N5O2. The zero-order chi connectivity index (χ0) is 18.6. The first-order valence-electron chi connectivity index (χ1n) is 9.69. The molecule has 2 bridgehead atoms. The zero-order valence-corrected chi connectivity index (χ0v) is 16.6. The molecule has 1 amide bonds. The number of ether oxygens (including phenoxy) is 1. The molecule has 0 N–H and O–H groups in total. The Balaban J connectivity index is 1.42. The highest BCUT2D eigenvalue weighted by molar-refractivity contribution is 5.70. The van der Waals surface area contributed by atoms with Gasteiger partial charge in [0.1, 0.15) is 11.4 Å². The number of piperidine rings is 1. The van der Waals surface area contributed by atoms with Crippen LogP contribution < -0.4 is 0 Å². The minimum Gasteiger partial charge on any atom is -0.444 e. The highest BCUT2D eigenvalue weighted by atomic mass is 16.6.